The largest absolute Gasteiger partial charge is 0.268 e. The van der Waals surface area contributed by atoms with Crippen molar-refractivity contribution in [2.75, 3.05) is 0 Å². The van der Waals surface area contributed by atoms with Gasteiger partial charge in [0.15, 0.2) is 0 Å². The minimum atomic E-state index is -0.0777. The number of pyridine rings is 1. The molecule has 0 saturated carbocycles. The van der Waals surface area contributed by atoms with E-state index in [1.807, 2.05) is 72.8 Å². The average molecular weight is 352 g/mol. The molecule has 4 heteroatoms. The van der Waals surface area contributed by atoms with Crippen molar-refractivity contribution in [3.63, 3.8) is 0 Å². The van der Waals surface area contributed by atoms with E-state index in [4.69, 9.17) is 0 Å². The lowest BCUT2D eigenvalue weighted by molar-refractivity contribution is 1.20. The number of fused-ring (bicyclic) bond motifs is 4. The van der Waals surface area contributed by atoms with Crippen molar-refractivity contribution in [1.82, 2.24) is 4.40 Å². The van der Waals surface area contributed by atoms with E-state index in [0.29, 0.717) is 21.2 Å². The third-order valence-corrected chi connectivity index (χ3v) is 5.82. The van der Waals surface area contributed by atoms with Crippen molar-refractivity contribution < 1.29 is 0 Å². The molecule has 0 N–H and O–H groups in total. The number of para-hydroxylation sites is 1. The van der Waals surface area contributed by atoms with Gasteiger partial charge in [0.05, 0.1) is 15.8 Å². The van der Waals surface area contributed by atoms with Gasteiger partial charge in [-0.2, -0.15) is 5.26 Å². The summed E-state index contributed by atoms with van der Waals surface area (Å²) in [7, 11) is 0. The summed E-state index contributed by atoms with van der Waals surface area (Å²) in [5, 5.41) is 11.1. The minimum absolute atomic E-state index is 0.0777. The Bertz CT molecular complexity index is 1410. The van der Waals surface area contributed by atoms with Gasteiger partial charge in [0, 0.05) is 10.8 Å². The molecule has 2 aromatic heterocycles. The zero-order valence-electron chi connectivity index (χ0n) is 13.6. The fraction of sp³-hybridized carbons (Fsp3) is 0. The molecule has 0 atom stereocenters. The van der Waals surface area contributed by atoms with Crippen LogP contribution in [0.25, 0.3) is 36.9 Å². The third-order valence-electron chi connectivity index (χ3n) is 4.67. The smallest absolute Gasteiger partial charge is 0.264 e. The lowest BCUT2D eigenvalue weighted by Crippen LogP contribution is -2.13. The topological polar surface area (TPSA) is 45.3 Å². The average Bonchev–Trinajstić information content (AvgIpc) is 3.08. The van der Waals surface area contributed by atoms with Gasteiger partial charge in [-0.15, -0.1) is 11.3 Å². The van der Waals surface area contributed by atoms with Crippen LogP contribution in [0.1, 0.15) is 5.56 Å². The zero-order valence-corrected chi connectivity index (χ0v) is 14.5. The number of hydrogen-bond acceptors (Lipinski definition) is 3. The van der Waals surface area contributed by atoms with Crippen molar-refractivity contribution in [3.8, 4) is 17.2 Å². The van der Waals surface area contributed by atoms with Crippen LogP contribution in [-0.2, 0) is 0 Å². The molecule has 0 aliphatic rings. The SMILES string of the molecule is N#Cc1c2cc(-c3ccccc3)ccc2c(=O)n2c1sc1ccccc12. The molecule has 0 aliphatic heterocycles. The Morgan fingerprint density at radius 3 is 2.42 bits per heavy atom. The van der Waals surface area contributed by atoms with E-state index in [2.05, 4.69) is 6.07 Å². The summed E-state index contributed by atoms with van der Waals surface area (Å²) in [5.41, 5.74) is 3.39. The van der Waals surface area contributed by atoms with E-state index < -0.39 is 0 Å². The second kappa shape index (κ2) is 5.55. The van der Waals surface area contributed by atoms with Crippen LogP contribution in [0.3, 0.4) is 0 Å². The number of benzene rings is 3. The molecule has 0 radical (unpaired) electrons. The molecule has 0 spiro atoms. The fourth-order valence-electron chi connectivity index (χ4n) is 3.44. The van der Waals surface area contributed by atoms with Gasteiger partial charge in [-0.3, -0.25) is 9.20 Å². The van der Waals surface area contributed by atoms with E-state index in [-0.39, 0.29) is 5.56 Å². The summed E-state index contributed by atoms with van der Waals surface area (Å²) in [5.74, 6) is 0. The molecular formula is C22H12N2OS. The molecule has 2 heterocycles. The van der Waals surface area contributed by atoms with Crippen LogP contribution in [0.5, 0.6) is 0 Å². The Kier molecular flexibility index (Phi) is 3.18. The standard InChI is InChI=1S/C22H12N2OS/c23-13-18-17-12-15(14-6-2-1-3-7-14)10-11-16(17)21(25)24-19-8-4-5-9-20(19)26-22(18)24/h1-12H. The molecule has 5 rings (SSSR count). The number of nitrogens with zero attached hydrogens (tertiary/aromatic N) is 2. The highest BCUT2D eigenvalue weighted by atomic mass is 32.1. The zero-order chi connectivity index (χ0) is 17.7. The van der Waals surface area contributed by atoms with Gasteiger partial charge in [0.25, 0.3) is 5.56 Å². The molecule has 0 aliphatic carbocycles. The first-order valence-electron chi connectivity index (χ1n) is 8.23. The Morgan fingerprint density at radius 1 is 0.846 bits per heavy atom. The van der Waals surface area contributed by atoms with Crippen LogP contribution in [-0.4, -0.2) is 4.40 Å². The summed E-state index contributed by atoms with van der Waals surface area (Å²) in [6.07, 6.45) is 0. The highest BCUT2D eigenvalue weighted by Gasteiger charge is 2.16. The molecule has 0 amide bonds. The Balaban J connectivity index is 1.96. The van der Waals surface area contributed by atoms with Gasteiger partial charge in [-0.25, -0.2) is 0 Å². The van der Waals surface area contributed by atoms with Crippen LogP contribution in [0.15, 0.2) is 77.6 Å². The van der Waals surface area contributed by atoms with Crippen LogP contribution in [0.4, 0.5) is 0 Å². The predicted octanol–water partition coefficient (Wildman–Crippen LogP) is 5.21. The molecule has 0 saturated heterocycles. The molecule has 5 aromatic rings. The Hall–Kier alpha value is -3.42. The van der Waals surface area contributed by atoms with Crippen molar-refractivity contribution >= 4 is 37.2 Å². The summed E-state index contributed by atoms with van der Waals surface area (Å²) in [6.45, 7) is 0. The first-order chi connectivity index (χ1) is 12.8. The van der Waals surface area contributed by atoms with Gasteiger partial charge >= 0.3 is 0 Å². The van der Waals surface area contributed by atoms with Crippen molar-refractivity contribution in [3.05, 3.63) is 88.7 Å². The molecule has 0 bridgehead atoms. The second-order valence-corrected chi connectivity index (χ2v) is 7.16. The first-order valence-corrected chi connectivity index (χ1v) is 9.05. The van der Waals surface area contributed by atoms with Crippen LogP contribution >= 0.6 is 11.3 Å². The maximum absolute atomic E-state index is 13.1. The quantitative estimate of drug-likeness (QED) is 0.416. The van der Waals surface area contributed by atoms with E-state index in [0.717, 1.165) is 21.3 Å². The van der Waals surface area contributed by atoms with Crippen LogP contribution < -0.4 is 5.56 Å². The number of aromatic nitrogens is 1. The van der Waals surface area contributed by atoms with Gasteiger partial charge in [0.2, 0.25) is 0 Å². The maximum atomic E-state index is 13.1. The van der Waals surface area contributed by atoms with E-state index in [9.17, 15) is 10.1 Å². The highest BCUT2D eigenvalue weighted by Crippen LogP contribution is 2.32. The summed E-state index contributed by atoms with van der Waals surface area (Å²) in [4.78, 5) is 13.8. The third kappa shape index (κ3) is 2.01. The molecule has 3 aromatic carbocycles. The van der Waals surface area contributed by atoms with E-state index >= 15 is 0 Å². The van der Waals surface area contributed by atoms with Gasteiger partial charge in [-0.05, 0) is 35.4 Å². The monoisotopic (exact) mass is 352 g/mol. The Morgan fingerprint density at radius 2 is 1.62 bits per heavy atom. The molecule has 122 valence electrons. The number of rotatable bonds is 1. The first kappa shape index (κ1) is 14.9. The van der Waals surface area contributed by atoms with Gasteiger partial charge in [-0.1, -0.05) is 48.5 Å². The molecule has 0 unspecified atom stereocenters. The van der Waals surface area contributed by atoms with Gasteiger partial charge in [0.1, 0.15) is 10.9 Å². The van der Waals surface area contributed by atoms with E-state index in [1.165, 1.54) is 11.3 Å². The number of nitriles is 1. The van der Waals surface area contributed by atoms with E-state index in [1.54, 1.807) is 4.40 Å². The van der Waals surface area contributed by atoms with Crippen LogP contribution in [0, 0.1) is 11.3 Å². The Labute approximate surface area is 153 Å². The van der Waals surface area contributed by atoms with Crippen LogP contribution in [0.2, 0.25) is 0 Å². The summed E-state index contributed by atoms with van der Waals surface area (Å²) in [6, 6.07) is 25.8. The van der Waals surface area contributed by atoms with Gasteiger partial charge < -0.3 is 0 Å². The lowest BCUT2D eigenvalue weighted by atomic mass is 10.00. The molecule has 0 fully saturated rings. The van der Waals surface area contributed by atoms with Crippen molar-refractivity contribution in [2.24, 2.45) is 0 Å². The molecule has 3 nitrogen and oxygen atoms in total. The van der Waals surface area contributed by atoms with Crippen molar-refractivity contribution in [2.45, 2.75) is 0 Å². The van der Waals surface area contributed by atoms with Crippen molar-refractivity contribution in [1.29, 1.82) is 5.26 Å². The summed E-state index contributed by atoms with van der Waals surface area (Å²) >= 11 is 1.48. The molecular weight excluding hydrogens is 340 g/mol. The lowest BCUT2D eigenvalue weighted by Gasteiger charge is -2.07. The highest BCUT2D eigenvalue weighted by molar-refractivity contribution is 7.24. The number of hydrogen-bond donors (Lipinski definition) is 0. The fourth-order valence-corrected chi connectivity index (χ4v) is 4.59. The number of thiazole rings is 1. The maximum Gasteiger partial charge on any atom is 0.264 e. The normalized spacial score (nSPS) is 11.2. The predicted molar refractivity (Wildman–Crippen MR) is 107 cm³/mol. The minimum Gasteiger partial charge on any atom is -0.268 e. The summed E-state index contributed by atoms with van der Waals surface area (Å²) < 4.78 is 2.67. The molecule has 26 heavy (non-hydrogen) atoms. The second-order valence-electron chi connectivity index (χ2n) is 6.13.